The molecule has 2 aromatic rings. The van der Waals surface area contributed by atoms with Gasteiger partial charge in [-0.1, -0.05) is 42.0 Å². The van der Waals surface area contributed by atoms with Gasteiger partial charge in [-0.3, -0.25) is 4.55 Å². The average Bonchev–Trinajstić information content (AvgIpc) is 2.63. The Morgan fingerprint density at radius 3 is 1.89 bits per heavy atom. The van der Waals surface area contributed by atoms with Crippen LogP contribution in [0.1, 0.15) is 42.7 Å². The molecule has 0 saturated carbocycles. The maximum absolute atomic E-state index is 10.5. The Hall–Kier alpha value is -1.30. The van der Waals surface area contributed by atoms with Gasteiger partial charge in [-0.25, -0.2) is 0 Å². The maximum atomic E-state index is 10.5. The highest BCUT2D eigenvalue weighted by Gasteiger charge is 2.12. The smallest absolute Gasteiger partial charge is 0.294 e. The van der Waals surface area contributed by atoms with E-state index in [0.717, 1.165) is 31.2 Å². The lowest BCUT2D eigenvalue weighted by Gasteiger charge is -2.18. The van der Waals surface area contributed by atoms with Crippen LogP contribution in [-0.4, -0.2) is 36.4 Å². The Morgan fingerprint density at radius 2 is 1.44 bits per heavy atom. The summed E-state index contributed by atoms with van der Waals surface area (Å²) in [6, 6.07) is 14.3. The van der Waals surface area contributed by atoms with Gasteiger partial charge in [0.1, 0.15) is 0 Å². The lowest BCUT2D eigenvalue weighted by Crippen LogP contribution is -2.09. The molecule has 0 fully saturated rings. The van der Waals surface area contributed by atoms with Crippen LogP contribution >= 0.6 is 9.24 Å². The molecular weight excluding hydrogens is 383 g/mol. The topological polar surface area (TPSA) is 94.8 Å². The van der Waals surface area contributed by atoms with Gasteiger partial charge in [0.05, 0.1) is 4.90 Å². The second-order valence-electron chi connectivity index (χ2n) is 6.35. The summed E-state index contributed by atoms with van der Waals surface area (Å²) >= 11 is 0. The summed E-state index contributed by atoms with van der Waals surface area (Å²) in [5, 5.41) is 19.0. The first-order valence-electron chi connectivity index (χ1n) is 8.90. The van der Waals surface area contributed by atoms with E-state index in [1.54, 1.807) is 12.1 Å². The fraction of sp³-hybridized carbons (Fsp3) is 0.400. The predicted molar refractivity (Wildman–Crippen MR) is 112 cm³/mol. The van der Waals surface area contributed by atoms with Gasteiger partial charge in [0.2, 0.25) is 0 Å². The molecule has 0 aliphatic heterocycles. The SMILES string of the molecule is Cc1ccc(S(=O)(=O)O)cc1.OCCCC(CCCO)c1ccccc1P. The van der Waals surface area contributed by atoms with E-state index in [4.69, 9.17) is 14.8 Å². The summed E-state index contributed by atoms with van der Waals surface area (Å²) < 4.78 is 29.6. The van der Waals surface area contributed by atoms with Crippen LogP contribution in [0.15, 0.2) is 53.4 Å². The molecule has 0 aromatic heterocycles. The molecule has 0 aliphatic carbocycles. The van der Waals surface area contributed by atoms with E-state index in [0.29, 0.717) is 5.92 Å². The van der Waals surface area contributed by atoms with Crippen LogP contribution in [0.2, 0.25) is 0 Å². The Kier molecular flexibility index (Phi) is 10.7. The molecule has 27 heavy (non-hydrogen) atoms. The third-order valence-corrected chi connectivity index (χ3v) is 5.57. The molecule has 0 radical (unpaired) electrons. The van der Waals surface area contributed by atoms with Gasteiger partial charge in [-0.05, 0) is 61.5 Å². The van der Waals surface area contributed by atoms with Crippen molar-refractivity contribution in [1.29, 1.82) is 0 Å². The Balaban J connectivity index is 0.000000289. The lowest BCUT2D eigenvalue weighted by molar-refractivity contribution is 0.264. The van der Waals surface area contributed by atoms with Gasteiger partial charge < -0.3 is 10.2 Å². The molecule has 0 aliphatic rings. The Labute approximate surface area is 164 Å². The molecule has 2 rings (SSSR count). The van der Waals surface area contributed by atoms with Gasteiger partial charge in [-0.15, -0.1) is 9.24 Å². The van der Waals surface area contributed by atoms with Crippen molar-refractivity contribution in [3.05, 3.63) is 59.7 Å². The van der Waals surface area contributed by atoms with Crippen molar-refractivity contribution in [2.75, 3.05) is 13.2 Å². The van der Waals surface area contributed by atoms with Crippen LogP contribution in [0.25, 0.3) is 0 Å². The second-order valence-corrected chi connectivity index (χ2v) is 8.39. The number of hydrogen-bond donors (Lipinski definition) is 3. The number of aliphatic hydroxyl groups is 2. The summed E-state index contributed by atoms with van der Waals surface area (Å²) in [5.74, 6) is 0.452. The summed E-state index contributed by atoms with van der Waals surface area (Å²) in [6.45, 7) is 2.33. The highest BCUT2D eigenvalue weighted by Crippen LogP contribution is 2.25. The average molecular weight is 412 g/mol. The number of hydrogen-bond acceptors (Lipinski definition) is 4. The van der Waals surface area contributed by atoms with E-state index in [2.05, 4.69) is 21.4 Å². The molecule has 0 amide bonds. The van der Waals surface area contributed by atoms with Gasteiger partial charge >= 0.3 is 0 Å². The van der Waals surface area contributed by atoms with Crippen molar-refractivity contribution in [2.45, 2.75) is 43.4 Å². The van der Waals surface area contributed by atoms with Crippen molar-refractivity contribution in [3.8, 4) is 0 Å². The van der Waals surface area contributed by atoms with Crippen molar-refractivity contribution >= 4 is 24.7 Å². The standard InChI is InChI=1S/C13H21O2P.C7H8O3S/c14-9-3-5-11(6-4-10-15)12-7-1-2-8-13(12)16;1-6-2-4-7(5-3-6)11(8,9)10/h1-2,7-8,11,14-15H,3-6,9-10,16H2;2-5H,1H3,(H,8,9,10). The first-order chi connectivity index (χ1) is 12.8. The normalized spacial score (nSPS) is 11.2. The van der Waals surface area contributed by atoms with Gasteiger partial charge in [0, 0.05) is 13.2 Å². The molecule has 2 aromatic carbocycles. The molecule has 3 N–H and O–H groups in total. The summed E-state index contributed by atoms with van der Waals surface area (Å²) in [4.78, 5) is -0.0666. The monoisotopic (exact) mass is 412 g/mol. The molecule has 0 heterocycles. The van der Waals surface area contributed by atoms with E-state index in [1.807, 2.05) is 19.1 Å². The molecule has 150 valence electrons. The number of rotatable bonds is 8. The van der Waals surface area contributed by atoms with Crippen LogP contribution in [0.4, 0.5) is 0 Å². The first-order valence-corrected chi connectivity index (χ1v) is 10.9. The van der Waals surface area contributed by atoms with Crippen molar-refractivity contribution in [2.24, 2.45) is 0 Å². The van der Waals surface area contributed by atoms with E-state index >= 15 is 0 Å². The maximum Gasteiger partial charge on any atom is 0.294 e. The van der Waals surface area contributed by atoms with Gasteiger partial charge in [0.25, 0.3) is 10.1 Å². The molecule has 1 atom stereocenters. The largest absolute Gasteiger partial charge is 0.396 e. The quantitative estimate of drug-likeness (QED) is 0.458. The van der Waals surface area contributed by atoms with Crippen LogP contribution < -0.4 is 5.30 Å². The van der Waals surface area contributed by atoms with E-state index in [9.17, 15) is 8.42 Å². The minimum atomic E-state index is -4.02. The van der Waals surface area contributed by atoms with Gasteiger partial charge in [-0.2, -0.15) is 8.42 Å². The van der Waals surface area contributed by atoms with E-state index in [-0.39, 0.29) is 18.1 Å². The highest BCUT2D eigenvalue weighted by molar-refractivity contribution is 7.85. The lowest BCUT2D eigenvalue weighted by atomic mass is 9.90. The van der Waals surface area contributed by atoms with Crippen LogP contribution in [0.3, 0.4) is 0 Å². The minimum absolute atomic E-state index is 0.0666. The van der Waals surface area contributed by atoms with Crippen molar-refractivity contribution in [3.63, 3.8) is 0 Å². The van der Waals surface area contributed by atoms with Crippen LogP contribution in [-0.2, 0) is 10.1 Å². The molecule has 7 heteroatoms. The van der Waals surface area contributed by atoms with Crippen LogP contribution in [0.5, 0.6) is 0 Å². The zero-order valence-corrected chi connectivity index (χ0v) is 17.6. The van der Waals surface area contributed by atoms with Gasteiger partial charge in [0.15, 0.2) is 0 Å². The van der Waals surface area contributed by atoms with Crippen molar-refractivity contribution in [1.82, 2.24) is 0 Å². The molecular formula is C20H29O5PS. The fourth-order valence-electron chi connectivity index (χ4n) is 2.72. The molecule has 1 unspecified atom stereocenters. The van der Waals surface area contributed by atoms with E-state index in [1.165, 1.54) is 23.0 Å². The Bertz CT molecular complexity index is 767. The zero-order chi connectivity index (χ0) is 20.3. The molecule has 0 spiro atoms. The molecule has 0 bridgehead atoms. The number of aliphatic hydroxyl groups excluding tert-OH is 2. The summed E-state index contributed by atoms with van der Waals surface area (Å²) in [6.07, 6.45) is 3.63. The molecule has 0 saturated heterocycles. The third kappa shape index (κ3) is 8.96. The zero-order valence-electron chi connectivity index (χ0n) is 15.6. The number of benzene rings is 2. The third-order valence-electron chi connectivity index (χ3n) is 4.18. The summed E-state index contributed by atoms with van der Waals surface area (Å²) in [5.41, 5.74) is 2.28. The predicted octanol–water partition coefficient (Wildman–Crippen LogP) is 3.06. The van der Waals surface area contributed by atoms with Crippen LogP contribution in [0, 0.1) is 6.92 Å². The first kappa shape index (κ1) is 23.7. The second kappa shape index (κ2) is 12.2. The molecule has 5 nitrogen and oxygen atoms in total. The highest BCUT2D eigenvalue weighted by atomic mass is 32.2. The summed E-state index contributed by atoms with van der Waals surface area (Å²) in [7, 11) is -1.26. The number of aryl methyl sites for hydroxylation is 1. The van der Waals surface area contributed by atoms with E-state index < -0.39 is 10.1 Å². The Morgan fingerprint density at radius 1 is 0.926 bits per heavy atom. The fourth-order valence-corrected chi connectivity index (χ4v) is 3.65. The van der Waals surface area contributed by atoms with Crippen molar-refractivity contribution < 1.29 is 23.2 Å². The minimum Gasteiger partial charge on any atom is -0.396 e.